The quantitative estimate of drug-likeness (QED) is 0.582. The van der Waals surface area contributed by atoms with Crippen LogP contribution < -0.4 is 4.74 Å². The predicted octanol–water partition coefficient (Wildman–Crippen LogP) is 2.12. The number of carboxylic acids is 1. The van der Waals surface area contributed by atoms with Crippen molar-refractivity contribution in [3.05, 3.63) is 23.8 Å². The van der Waals surface area contributed by atoms with E-state index >= 15 is 0 Å². The average molecular weight is 323 g/mol. The minimum Gasteiger partial charge on any atom is -0.493 e. The summed E-state index contributed by atoms with van der Waals surface area (Å²) >= 11 is 0. The predicted molar refractivity (Wildman–Crippen MR) is 73.0 cm³/mol. The molecule has 0 amide bonds. The van der Waals surface area contributed by atoms with Gasteiger partial charge in [-0.3, -0.25) is 0 Å². The fraction of sp³-hybridized carbons (Fsp3) is 0.417. The lowest BCUT2D eigenvalue weighted by molar-refractivity contribution is 0.0691. The van der Waals surface area contributed by atoms with Crippen LogP contribution in [0.1, 0.15) is 23.7 Å². The van der Waals surface area contributed by atoms with Gasteiger partial charge in [0.1, 0.15) is 11.3 Å². The Morgan fingerprint density at radius 1 is 1.35 bits per heavy atom. The molecule has 1 rings (SSSR count). The van der Waals surface area contributed by atoms with Crippen molar-refractivity contribution in [3.63, 3.8) is 0 Å². The zero-order valence-corrected chi connectivity index (χ0v) is 12.4. The molecule has 1 N–H and O–H groups in total. The SMILES string of the molecule is CCOCCCOc1ccc(S(=O)(=O)Cl)cc1C(=O)O. The normalized spacial score (nSPS) is 11.3. The number of carboxylic acid groups (broad SMARTS) is 1. The van der Waals surface area contributed by atoms with Crippen LogP contribution in [0.15, 0.2) is 23.1 Å². The topological polar surface area (TPSA) is 89.9 Å². The van der Waals surface area contributed by atoms with E-state index in [1.807, 2.05) is 6.92 Å². The van der Waals surface area contributed by atoms with Gasteiger partial charge >= 0.3 is 5.97 Å². The number of aromatic carboxylic acids is 1. The molecule has 8 heteroatoms. The summed E-state index contributed by atoms with van der Waals surface area (Å²) < 4.78 is 32.8. The van der Waals surface area contributed by atoms with Crippen LogP contribution in [0.4, 0.5) is 0 Å². The van der Waals surface area contributed by atoms with Crippen LogP contribution in [0.3, 0.4) is 0 Å². The van der Waals surface area contributed by atoms with Gasteiger partial charge in [-0.05, 0) is 25.1 Å². The summed E-state index contributed by atoms with van der Waals surface area (Å²) in [5.74, 6) is -1.19. The van der Waals surface area contributed by atoms with Crippen LogP contribution in [-0.4, -0.2) is 39.3 Å². The van der Waals surface area contributed by atoms with Gasteiger partial charge in [-0.15, -0.1) is 0 Å². The van der Waals surface area contributed by atoms with Crippen LogP contribution in [0.2, 0.25) is 0 Å². The zero-order valence-electron chi connectivity index (χ0n) is 10.8. The molecule has 1 aromatic carbocycles. The lowest BCUT2D eigenvalue weighted by Gasteiger charge is -2.10. The van der Waals surface area contributed by atoms with Crippen molar-refractivity contribution in [1.82, 2.24) is 0 Å². The highest BCUT2D eigenvalue weighted by Crippen LogP contribution is 2.24. The van der Waals surface area contributed by atoms with Gasteiger partial charge in [0, 0.05) is 30.3 Å². The van der Waals surface area contributed by atoms with E-state index in [1.54, 1.807) is 0 Å². The molecule has 0 heterocycles. The summed E-state index contributed by atoms with van der Waals surface area (Å²) in [4.78, 5) is 10.8. The molecule has 20 heavy (non-hydrogen) atoms. The van der Waals surface area contributed by atoms with Gasteiger partial charge in [0.15, 0.2) is 0 Å². The number of hydrogen-bond acceptors (Lipinski definition) is 5. The van der Waals surface area contributed by atoms with Gasteiger partial charge in [0.25, 0.3) is 9.05 Å². The van der Waals surface area contributed by atoms with Crippen LogP contribution in [0, 0.1) is 0 Å². The molecule has 0 saturated carbocycles. The third kappa shape index (κ3) is 4.99. The fourth-order valence-electron chi connectivity index (χ4n) is 1.44. The first-order valence-corrected chi connectivity index (χ1v) is 8.19. The highest BCUT2D eigenvalue weighted by atomic mass is 35.7. The van der Waals surface area contributed by atoms with E-state index in [1.165, 1.54) is 12.1 Å². The molecule has 0 fully saturated rings. The van der Waals surface area contributed by atoms with E-state index in [0.29, 0.717) is 19.6 Å². The lowest BCUT2D eigenvalue weighted by Crippen LogP contribution is -2.07. The van der Waals surface area contributed by atoms with Crippen LogP contribution >= 0.6 is 10.7 Å². The molecule has 0 aliphatic heterocycles. The summed E-state index contributed by atoms with van der Waals surface area (Å²) in [7, 11) is 1.20. The van der Waals surface area contributed by atoms with Crippen molar-refractivity contribution in [3.8, 4) is 5.75 Å². The largest absolute Gasteiger partial charge is 0.493 e. The summed E-state index contributed by atoms with van der Waals surface area (Å²) in [5.41, 5.74) is -0.247. The Morgan fingerprint density at radius 2 is 2.05 bits per heavy atom. The molecular weight excluding hydrogens is 308 g/mol. The second kappa shape index (κ2) is 7.47. The van der Waals surface area contributed by atoms with E-state index in [9.17, 15) is 13.2 Å². The standard InChI is InChI=1S/C12H15ClO6S/c1-2-18-6-3-7-19-11-5-4-9(20(13,16)17)8-10(11)12(14)15/h4-5,8H,2-3,6-7H2,1H3,(H,14,15). The van der Waals surface area contributed by atoms with E-state index < -0.39 is 15.0 Å². The maximum atomic E-state index is 11.2. The minimum atomic E-state index is -3.97. The molecule has 0 aliphatic carbocycles. The number of ether oxygens (including phenoxy) is 2. The summed E-state index contributed by atoms with van der Waals surface area (Å²) in [6.45, 7) is 3.25. The van der Waals surface area contributed by atoms with Crippen molar-refractivity contribution in [1.29, 1.82) is 0 Å². The molecular formula is C12H15ClO6S. The van der Waals surface area contributed by atoms with Crippen molar-refractivity contribution in [2.45, 2.75) is 18.2 Å². The maximum absolute atomic E-state index is 11.2. The molecule has 0 bridgehead atoms. The van der Waals surface area contributed by atoms with Crippen molar-refractivity contribution >= 4 is 25.7 Å². The molecule has 0 aliphatic rings. The summed E-state index contributed by atoms with van der Waals surface area (Å²) in [6, 6.07) is 3.45. The van der Waals surface area contributed by atoms with Gasteiger partial charge in [0.2, 0.25) is 0 Å². The number of carbonyl (C=O) groups is 1. The summed E-state index contributed by atoms with van der Waals surface area (Å²) in [5, 5.41) is 9.05. The third-order valence-corrected chi connectivity index (χ3v) is 3.71. The van der Waals surface area contributed by atoms with E-state index in [0.717, 1.165) is 6.07 Å². The van der Waals surface area contributed by atoms with Crippen LogP contribution in [0.25, 0.3) is 0 Å². The highest BCUT2D eigenvalue weighted by Gasteiger charge is 2.17. The molecule has 1 aromatic rings. The lowest BCUT2D eigenvalue weighted by atomic mass is 10.2. The number of benzene rings is 1. The zero-order chi connectivity index (χ0) is 15.2. The Kier molecular flexibility index (Phi) is 6.25. The molecule has 0 radical (unpaired) electrons. The monoisotopic (exact) mass is 322 g/mol. The fourth-order valence-corrected chi connectivity index (χ4v) is 2.22. The van der Waals surface area contributed by atoms with Gasteiger partial charge in [-0.25, -0.2) is 13.2 Å². The van der Waals surface area contributed by atoms with Gasteiger partial charge in [0.05, 0.1) is 11.5 Å². The van der Waals surface area contributed by atoms with Crippen molar-refractivity contribution in [2.24, 2.45) is 0 Å². The van der Waals surface area contributed by atoms with Crippen molar-refractivity contribution < 1.29 is 27.8 Å². The van der Waals surface area contributed by atoms with Crippen molar-refractivity contribution in [2.75, 3.05) is 19.8 Å². The first-order chi connectivity index (χ1) is 9.36. The molecule has 0 aromatic heterocycles. The Morgan fingerprint density at radius 3 is 2.60 bits per heavy atom. The molecule has 0 atom stereocenters. The first kappa shape index (κ1) is 16.7. The number of hydrogen-bond donors (Lipinski definition) is 1. The highest BCUT2D eigenvalue weighted by molar-refractivity contribution is 8.13. The Bertz CT molecular complexity index is 569. The van der Waals surface area contributed by atoms with E-state index in [-0.39, 0.29) is 22.8 Å². The molecule has 112 valence electrons. The first-order valence-electron chi connectivity index (χ1n) is 5.88. The third-order valence-electron chi connectivity index (χ3n) is 2.36. The molecule has 0 saturated heterocycles. The number of rotatable bonds is 8. The Hall–Kier alpha value is -1.31. The van der Waals surface area contributed by atoms with Gasteiger partial charge < -0.3 is 14.6 Å². The second-order valence-corrected chi connectivity index (χ2v) is 6.37. The van der Waals surface area contributed by atoms with Crippen LogP contribution in [0.5, 0.6) is 5.75 Å². The molecule has 0 spiro atoms. The summed E-state index contributed by atoms with van der Waals surface area (Å²) in [6.07, 6.45) is 0.600. The minimum absolute atomic E-state index is 0.0954. The molecule has 6 nitrogen and oxygen atoms in total. The van der Waals surface area contributed by atoms with E-state index in [2.05, 4.69) is 0 Å². The Balaban J connectivity index is 2.83. The second-order valence-electron chi connectivity index (χ2n) is 3.80. The molecule has 0 unspecified atom stereocenters. The van der Waals surface area contributed by atoms with Gasteiger partial charge in [-0.1, -0.05) is 0 Å². The van der Waals surface area contributed by atoms with E-state index in [4.69, 9.17) is 25.3 Å². The maximum Gasteiger partial charge on any atom is 0.339 e. The van der Waals surface area contributed by atoms with Gasteiger partial charge in [-0.2, -0.15) is 0 Å². The van der Waals surface area contributed by atoms with Crippen LogP contribution in [-0.2, 0) is 13.8 Å². The number of halogens is 1. The average Bonchev–Trinajstić information content (AvgIpc) is 2.37. The smallest absolute Gasteiger partial charge is 0.339 e. The Labute approximate surface area is 121 Å².